The molecule has 0 bridgehead atoms. The summed E-state index contributed by atoms with van der Waals surface area (Å²) in [4.78, 5) is 50.8. The molecule has 6 aromatic carbocycles. The number of nitrogens with zero attached hydrogens (tertiary/aromatic N) is 1. The Kier molecular flexibility index (Phi) is 14.9. The van der Waals surface area contributed by atoms with Gasteiger partial charge in [0.15, 0.2) is 12.1 Å². The van der Waals surface area contributed by atoms with Crippen LogP contribution in [0.4, 0.5) is 9.59 Å². The summed E-state index contributed by atoms with van der Waals surface area (Å²) >= 11 is 0. The minimum Gasteiger partial charge on any atom is -0.459 e. The fourth-order valence-electron chi connectivity index (χ4n) is 8.36. The maximum Gasteiger partial charge on any atom is 0.426 e. The summed E-state index contributed by atoms with van der Waals surface area (Å²) in [5, 5.41) is 2.62. The average molecular weight is 939 g/mol. The van der Waals surface area contributed by atoms with E-state index >= 15 is 0 Å². The van der Waals surface area contributed by atoms with Gasteiger partial charge in [0.2, 0.25) is 0 Å². The van der Waals surface area contributed by atoms with Crippen molar-refractivity contribution >= 4 is 34.4 Å². The lowest BCUT2D eigenvalue weighted by atomic mass is 9.98. The predicted molar refractivity (Wildman–Crippen MR) is 251 cm³/mol. The van der Waals surface area contributed by atoms with Crippen LogP contribution in [0.2, 0.25) is 0 Å². The molecule has 68 heavy (non-hydrogen) atoms. The number of esters is 2. The van der Waals surface area contributed by atoms with Crippen LogP contribution in [0.1, 0.15) is 59.1 Å². The molecule has 0 saturated carbocycles. The third-order valence-corrected chi connectivity index (χ3v) is 13.0. The second-order valence-corrected chi connectivity index (χ2v) is 17.9. The van der Waals surface area contributed by atoms with E-state index in [1.54, 1.807) is 24.3 Å². The first kappa shape index (κ1) is 47.2. The predicted octanol–water partition coefficient (Wildman–Crippen LogP) is 8.69. The molecule has 0 aromatic heterocycles. The molecule has 0 radical (unpaired) electrons. The van der Waals surface area contributed by atoms with Crippen LogP contribution in [0.15, 0.2) is 158 Å². The molecule has 3 aliphatic rings. The van der Waals surface area contributed by atoms with Crippen molar-refractivity contribution in [3.8, 4) is 22.3 Å². The molecule has 1 aliphatic heterocycles. The molecule has 9 rings (SSSR count). The summed E-state index contributed by atoms with van der Waals surface area (Å²) in [6, 6.07) is 47.7. The summed E-state index contributed by atoms with van der Waals surface area (Å²) in [6.07, 6.45) is -1.97. The minimum absolute atomic E-state index is 0.00448. The van der Waals surface area contributed by atoms with Crippen LogP contribution in [0.25, 0.3) is 22.3 Å². The molecule has 15 heteroatoms. The SMILES string of the molecule is CC(C)OC[C@H](NC(=O)OCC1c2ccccc2-c2ccccc21)C(=O)OCc1ccccc1.O=C(OCc1ccccc1)[C@@H]1COS(=O)(=O)N1C(=O)OCC1c2ccccc2-c2ccccc21. The highest BCUT2D eigenvalue weighted by Gasteiger charge is 2.49. The third kappa shape index (κ3) is 10.9. The van der Waals surface area contributed by atoms with Crippen molar-refractivity contribution in [2.45, 2.75) is 57.1 Å². The molecule has 1 N–H and O–H groups in total. The average Bonchev–Trinajstić information content (AvgIpc) is 3.99. The van der Waals surface area contributed by atoms with Crippen LogP contribution in [0.5, 0.6) is 0 Å². The van der Waals surface area contributed by atoms with Crippen LogP contribution in [0.3, 0.4) is 0 Å². The molecule has 2 aliphatic carbocycles. The fourth-order valence-corrected chi connectivity index (χ4v) is 9.47. The molecule has 350 valence electrons. The molecule has 2 atom stereocenters. The van der Waals surface area contributed by atoms with Crippen LogP contribution >= 0.6 is 0 Å². The third-order valence-electron chi connectivity index (χ3n) is 11.7. The first-order valence-corrected chi connectivity index (χ1v) is 23.5. The molecule has 0 spiro atoms. The van der Waals surface area contributed by atoms with Gasteiger partial charge in [-0.1, -0.05) is 158 Å². The van der Waals surface area contributed by atoms with Gasteiger partial charge < -0.3 is 29.0 Å². The number of carbonyl (C=O) groups is 4. The highest BCUT2D eigenvalue weighted by molar-refractivity contribution is 7.85. The van der Waals surface area contributed by atoms with Crippen LogP contribution in [0, 0.1) is 0 Å². The van der Waals surface area contributed by atoms with E-state index in [0.717, 1.165) is 55.6 Å². The van der Waals surface area contributed by atoms with Gasteiger partial charge in [-0.15, -0.1) is 0 Å². The van der Waals surface area contributed by atoms with Crippen LogP contribution in [-0.2, 0) is 61.0 Å². The van der Waals surface area contributed by atoms with Crippen molar-refractivity contribution < 1.29 is 55.5 Å². The van der Waals surface area contributed by atoms with E-state index in [1.807, 2.05) is 123 Å². The van der Waals surface area contributed by atoms with Gasteiger partial charge in [0.05, 0.1) is 12.7 Å². The lowest BCUT2D eigenvalue weighted by Crippen LogP contribution is -2.45. The molecule has 2 amide bonds. The number of hydrogen-bond donors (Lipinski definition) is 1. The highest BCUT2D eigenvalue weighted by Crippen LogP contribution is 2.46. The summed E-state index contributed by atoms with van der Waals surface area (Å²) in [5.74, 6) is -1.78. The van der Waals surface area contributed by atoms with Gasteiger partial charge in [0.1, 0.15) is 33.0 Å². The lowest BCUT2D eigenvalue weighted by molar-refractivity contribution is -0.150. The van der Waals surface area contributed by atoms with Crippen molar-refractivity contribution in [2.75, 3.05) is 26.4 Å². The Hall–Kier alpha value is -7.33. The maximum absolute atomic E-state index is 12.9. The van der Waals surface area contributed by atoms with E-state index in [2.05, 4.69) is 29.6 Å². The standard InChI is InChI=1S/C28H29NO5.C25H21NO7S/c1-19(2)32-18-26(27(30)33-16-20-10-4-3-5-11-20)29-28(31)34-17-25-23-14-8-6-12-21(23)22-13-7-9-15-24(22)25;27-24(31-14-17-8-2-1-3-9-17)23-16-33-34(29,30)26(23)25(28)32-15-22-20-12-6-4-10-18(20)19-11-5-7-13-21(19)22/h3-15,19,25-26H,16-18H2,1-2H3,(H,29,31);1-13,22-23H,14-16H2/t26-;23-/m00/s1. The molecule has 6 aromatic rings. The zero-order valence-corrected chi connectivity index (χ0v) is 38.2. The van der Waals surface area contributed by atoms with E-state index in [4.69, 9.17) is 27.9 Å². The summed E-state index contributed by atoms with van der Waals surface area (Å²) in [6.45, 7) is 3.31. The number of hydrogen-bond acceptors (Lipinski definition) is 12. The van der Waals surface area contributed by atoms with Gasteiger partial charge >= 0.3 is 34.4 Å². The maximum atomic E-state index is 12.9. The largest absolute Gasteiger partial charge is 0.459 e. The number of rotatable bonds is 14. The lowest BCUT2D eigenvalue weighted by Gasteiger charge is -2.21. The summed E-state index contributed by atoms with van der Waals surface area (Å²) < 4.78 is 57.0. The smallest absolute Gasteiger partial charge is 0.426 e. The number of benzene rings is 6. The normalized spacial score (nSPS) is 15.7. The molecule has 1 heterocycles. The first-order valence-electron chi connectivity index (χ1n) is 22.2. The van der Waals surface area contributed by atoms with Crippen molar-refractivity contribution in [3.05, 3.63) is 191 Å². The Morgan fingerprint density at radius 2 is 1.01 bits per heavy atom. The quantitative estimate of drug-likeness (QED) is 0.0815. The Balaban J connectivity index is 0.000000184. The number of fused-ring (bicyclic) bond motifs is 6. The van der Waals surface area contributed by atoms with Gasteiger partial charge in [-0.2, -0.15) is 12.7 Å². The molecular formula is C53H50N2O12S. The Bertz CT molecular complexity index is 2770. The van der Waals surface area contributed by atoms with E-state index in [-0.39, 0.29) is 51.0 Å². The number of alkyl carbamates (subject to hydrolysis) is 1. The van der Waals surface area contributed by atoms with Gasteiger partial charge in [-0.05, 0) is 69.5 Å². The Labute approximate surface area is 395 Å². The Morgan fingerprint density at radius 3 is 1.49 bits per heavy atom. The number of amides is 2. The van der Waals surface area contributed by atoms with Crippen molar-refractivity contribution in [1.82, 2.24) is 9.62 Å². The zero-order valence-electron chi connectivity index (χ0n) is 37.4. The van der Waals surface area contributed by atoms with Gasteiger partial charge in [-0.25, -0.2) is 19.2 Å². The zero-order chi connectivity index (χ0) is 47.6. The van der Waals surface area contributed by atoms with Crippen molar-refractivity contribution in [2.24, 2.45) is 0 Å². The molecule has 1 saturated heterocycles. The second kappa shape index (κ2) is 21.5. The van der Waals surface area contributed by atoms with Gasteiger partial charge in [-0.3, -0.25) is 4.18 Å². The topological polar surface area (TPSA) is 173 Å². The summed E-state index contributed by atoms with van der Waals surface area (Å²) in [5.41, 5.74) is 10.2. The van der Waals surface area contributed by atoms with Crippen LogP contribution in [-0.4, -0.2) is 81.5 Å². The van der Waals surface area contributed by atoms with Crippen LogP contribution < -0.4 is 5.32 Å². The number of carbonyl (C=O) groups excluding carboxylic acids is 4. The molecule has 14 nitrogen and oxygen atoms in total. The van der Waals surface area contributed by atoms with E-state index < -0.39 is 53.1 Å². The van der Waals surface area contributed by atoms with E-state index in [1.165, 1.54) is 0 Å². The van der Waals surface area contributed by atoms with Gasteiger partial charge in [0, 0.05) is 11.8 Å². The fraction of sp³-hybridized carbons (Fsp3) is 0.245. The number of ether oxygens (including phenoxy) is 5. The minimum atomic E-state index is -4.47. The molecular weight excluding hydrogens is 889 g/mol. The number of nitrogens with one attached hydrogen (secondary N) is 1. The molecule has 1 fully saturated rings. The monoisotopic (exact) mass is 938 g/mol. The first-order chi connectivity index (χ1) is 33.0. The highest BCUT2D eigenvalue weighted by atomic mass is 32.2. The summed E-state index contributed by atoms with van der Waals surface area (Å²) in [7, 11) is -4.47. The molecule has 0 unspecified atom stereocenters. The van der Waals surface area contributed by atoms with Crippen molar-refractivity contribution in [1.29, 1.82) is 0 Å². The Morgan fingerprint density at radius 1 is 0.588 bits per heavy atom. The van der Waals surface area contributed by atoms with Crippen molar-refractivity contribution in [3.63, 3.8) is 0 Å². The van der Waals surface area contributed by atoms with E-state index in [0.29, 0.717) is 4.31 Å². The second-order valence-electron chi connectivity index (χ2n) is 16.4. The van der Waals surface area contributed by atoms with E-state index in [9.17, 15) is 27.6 Å². The van der Waals surface area contributed by atoms with Gasteiger partial charge in [0.25, 0.3) is 0 Å².